The van der Waals surface area contributed by atoms with Crippen molar-refractivity contribution in [2.45, 2.75) is 0 Å². The maximum absolute atomic E-state index is 5.32. The van der Waals surface area contributed by atoms with Crippen LogP contribution < -0.4 is 0 Å². The van der Waals surface area contributed by atoms with Gasteiger partial charge in [-0.2, -0.15) is 0 Å². The lowest BCUT2D eigenvalue weighted by molar-refractivity contribution is 1.18. The maximum atomic E-state index is 5.32. The third-order valence-corrected chi connectivity index (χ3v) is 21.4. The number of rotatable bonds is 8. The van der Waals surface area contributed by atoms with Crippen LogP contribution in [0.2, 0.25) is 0 Å². The average Bonchev–Trinajstić information content (AvgIpc) is 1.20. The van der Waals surface area contributed by atoms with Crippen molar-refractivity contribution in [1.29, 1.82) is 0 Å². The third kappa shape index (κ3) is 10.2. The van der Waals surface area contributed by atoms with E-state index in [4.69, 9.17) is 19.9 Å². The van der Waals surface area contributed by atoms with E-state index in [1.165, 1.54) is 98.5 Å². The Kier molecular flexibility index (Phi) is 14.2. The Hall–Kier alpha value is -14.2. The van der Waals surface area contributed by atoms with E-state index in [-0.39, 0.29) is 0 Å². The fourth-order valence-electron chi connectivity index (χ4n) is 16.5. The zero-order valence-electron chi connectivity index (χ0n) is 57.5. The first-order valence-corrected chi connectivity index (χ1v) is 36.2. The van der Waals surface area contributed by atoms with Crippen LogP contribution in [0, 0.1) is 0 Å². The molecule has 6 nitrogen and oxygen atoms in total. The second-order valence-electron chi connectivity index (χ2n) is 27.6. The fraction of sp³-hybridized carbons (Fsp3) is 0. The molecule has 0 bridgehead atoms. The lowest BCUT2D eigenvalue weighted by atomic mass is 9.95. The van der Waals surface area contributed by atoms with Gasteiger partial charge >= 0.3 is 0 Å². The van der Waals surface area contributed by atoms with Gasteiger partial charge in [-0.05, 0) is 158 Å². The van der Waals surface area contributed by atoms with Crippen LogP contribution in [-0.2, 0) is 0 Å². The van der Waals surface area contributed by atoms with Crippen LogP contribution >= 0.6 is 0 Å². The molecule has 492 valence electrons. The summed E-state index contributed by atoms with van der Waals surface area (Å²) in [5, 5.41) is 16.6. The summed E-state index contributed by atoms with van der Waals surface area (Å²) < 4.78 is 4.75. The fourth-order valence-corrected chi connectivity index (χ4v) is 16.5. The normalized spacial score (nSPS) is 11.8. The summed E-state index contributed by atoms with van der Waals surface area (Å²) in [5.74, 6) is 0. The topological polar surface area (TPSA) is 61.4 Å². The molecule has 0 aliphatic carbocycles. The van der Waals surface area contributed by atoms with Crippen molar-refractivity contribution >= 4 is 131 Å². The Morgan fingerprint density at radius 1 is 0.170 bits per heavy atom. The van der Waals surface area contributed by atoms with Crippen molar-refractivity contribution in [1.82, 2.24) is 29.1 Å². The molecule has 6 aromatic heterocycles. The Bertz CT molecular complexity index is 7230. The van der Waals surface area contributed by atoms with E-state index in [1.807, 2.05) is 0 Å². The smallest absolute Gasteiger partial charge is 0.0978 e. The highest BCUT2D eigenvalue weighted by atomic mass is 15.0. The molecular formula is C100H62N6. The molecule has 0 saturated heterocycles. The van der Waals surface area contributed by atoms with Crippen molar-refractivity contribution < 1.29 is 0 Å². The molecule has 0 saturated carbocycles. The first-order valence-electron chi connectivity index (χ1n) is 36.2. The summed E-state index contributed by atoms with van der Waals surface area (Å²) in [5.41, 5.74) is 26.2. The minimum Gasteiger partial charge on any atom is -0.309 e. The molecular weight excluding hydrogens is 1290 g/mol. The number of nitrogens with zero attached hydrogens (tertiary/aromatic N) is 6. The molecule has 0 aliphatic rings. The number of para-hydroxylation sites is 6. The van der Waals surface area contributed by atoms with Gasteiger partial charge in [-0.1, -0.05) is 273 Å². The van der Waals surface area contributed by atoms with E-state index in [0.717, 1.165) is 110 Å². The van der Waals surface area contributed by atoms with Gasteiger partial charge in [0.15, 0.2) is 0 Å². The van der Waals surface area contributed by atoms with Crippen LogP contribution in [0.1, 0.15) is 0 Å². The molecule has 16 aromatic carbocycles. The van der Waals surface area contributed by atoms with Gasteiger partial charge in [0.05, 0.1) is 66.6 Å². The number of fused-ring (bicyclic) bond motifs is 16. The number of aromatic nitrogens is 6. The molecule has 106 heavy (non-hydrogen) atoms. The Labute approximate surface area is 610 Å². The van der Waals surface area contributed by atoms with Crippen LogP contribution in [0.4, 0.5) is 0 Å². The molecule has 0 aliphatic heterocycles. The summed E-state index contributed by atoms with van der Waals surface area (Å²) in [7, 11) is 0. The van der Waals surface area contributed by atoms with Gasteiger partial charge in [-0.15, -0.1) is 0 Å². The maximum Gasteiger partial charge on any atom is 0.0978 e. The van der Waals surface area contributed by atoms with Gasteiger partial charge in [-0.25, -0.2) is 19.9 Å². The van der Waals surface area contributed by atoms with Crippen LogP contribution in [0.3, 0.4) is 0 Å². The number of benzene rings is 16. The Morgan fingerprint density at radius 3 is 0.962 bits per heavy atom. The van der Waals surface area contributed by atoms with Gasteiger partial charge in [0, 0.05) is 87.5 Å². The quantitative estimate of drug-likeness (QED) is 0.112. The molecule has 0 N–H and O–H groups in total. The van der Waals surface area contributed by atoms with E-state index >= 15 is 0 Å². The van der Waals surface area contributed by atoms with Crippen LogP contribution in [0.15, 0.2) is 376 Å². The van der Waals surface area contributed by atoms with E-state index in [2.05, 4.69) is 385 Å². The summed E-state index contributed by atoms with van der Waals surface area (Å²) >= 11 is 0. The predicted molar refractivity (Wildman–Crippen MR) is 445 cm³/mol. The van der Waals surface area contributed by atoms with Gasteiger partial charge in [-0.3, -0.25) is 0 Å². The monoisotopic (exact) mass is 1350 g/mol. The summed E-state index contributed by atoms with van der Waals surface area (Å²) in [6.07, 6.45) is 0. The highest BCUT2D eigenvalue weighted by Crippen LogP contribution is 2.43. The van der Waals surface area contributed by atoms with Gasteiger partial charge < -0.3 is 9.13 Å². The highest BCUT2D eigenvalue weighted by Gasteiger charge is 2.20. The zero-order valence-corrected chi connectivity index (χ0v) is 57.5. The standard InChI is InChI=1S/C54H33N3.C46H29N3/c1-2-11-34(12-3-1)52-46-17-4-7-18-49(46)56-54-47(52)27-25-35-26-28-48(55-53(35)54)40-24-23-39-30-41-29-37(21-22-38(41)31-42(39)32-40)36-13-10-14-43(33-36)57-50-19-8-5-15-44(50)45-16-6-9-20-51(45)57;1-2-12-30(13-3-1)44-38-20-4-7-21-41(38)48-46-39(44)26-24-31-25-27-40(47-45(31)46)34-16-10-14-32(28-34)33-15-11-17-35(29-33)49-42-22-8-5-18-36(42)37-19-6-9-23-43(37)49/h1-33H;1-29H. The highest BCUT2D eigenvalue weighted by molar-refractivity contribution is 6.18. The van der Waals surface area contributed by atoms with E-state index in [1.54, 1.807) is 0 Å². The lowest BCUT2D eigenvalue weighted by Crippen LogP contribution is -1.94. The SMILES string of the molecule is c1ccc(-c2c3ccccc3nc3c2ccc2ccc(-c4ccc5cc6cc(-c7cccc(-n8c9ccccc9c9ccccc98)c7)ccc6cc5c4)nc23)cc1.c1ccc(-c2c3ccccc3nc3c2ccc2ccc(-c4cccc(-c5cccc(-n6c7ccccc7c7ccccc76)c5)c4)nc23)cc1. The van der Waals surface area contributed by atoms with E-state index in [9.17, 15) is 0 Å². The molecule has 6 heteroatoms. The second-order valence-corrected chi connectivity index (χ2v) is 27.6. The average molecular weight is 1350 g/mol. The van der Waals surface area contributed by atoms with Crippen molar-refractivity contribution in [2.75, 3.05) is 0 Å². The first kappa shape index (κ1) is 60.6. The molecule has 6 heterocycles. The minimum atomic E-state index is 0.914. The van der Waals surface area contributed by atoms with Crippen molar-refractivity contribution in [3.05, 3.63) is 376 Å². The van der Waals surface area contributed by atoms with Crippen molar-refractivity contribution in [2.24, 2.45) is 0 Å². The zero-order chi connectivity index (χ0) is 69.8. The van der Waals surface area contributed by atoms with Crippen LogP contribution in [0.5, 0.6) is 0 Å². The molecule has 0 amide bonds. The molecule has 22 aromatic rings. The van der Waals surface area contributed by atoms with E-state index in [0.29, 0.717) is 0 Å². The summed E-state index contributed by atoms with van der Waals surface area (Å²) in [6, 6.07) is 135. The van der Waals surface area contributed by atoms with Crippen molar-refractivity contribution in [3.8, 4) is 78.4 Å². The third-order valence-electron chi connectivity index (χ3n) is 21.4. The molecule has 22 rings (SSSR count). The second kappa shape index (κ2) is 24.8. The van der Waals surface area contributed by atoms with Gasteiger partial charge in [0.1, 0.15) is 0 Å². The largest absolute Gasteiger partial charge is 0.309 e. The Balaban J connectivity index is 0.000000138. The summed E-state index contributed by atoms with van der Waals surface area (Å²) in [4.78, 5) is 21.1. The molecule has 0 fully saturated rings. The Morgan fingerprint density at radius 2 is 0.500 bits per heavy atom. The molecule has 0 unspecified atom stereocenters. The predicted octanol–water partition coefficient (Wildman–Crippen LogP) is 26.4. The lowest BCUT2D eigenvalue weighted by Gasteiger charge is -2.13. The minimum absolute atomic E-state index is 0.914. The first-order chi connectivity index (χ1) is 52.5. The summed E-state index contributed by atoms with van der Waals surface area (Å²) in [6.45, 7) is 0. The van der Waals surface area contributed by atoms with E-state index < -0.39 is 0 Å². The van der Waals surface area contributed by atoms with Gasteiger partial charge in [0.2, 0.25) is 0 Å². The number of pyridine rings is 4. The van der Waals surface area contributed by atoms with Crippen LogP contribution in [-0.4, -0.2) is 29.1 Å². The van der Waals surface area contributed by atoms with Crippen LogP contribution in [0.25, 0.3) is 209 Å². The number of hydrogen-bond acceptors (Lipinski definition) is 4. The number of hydrogen-bond donors (Lipinski definition) is 0. The van der Waals surface area contributed by atoms with Gasteiger partial charge in [0.25, 0.3) is 0 Å². The molecule has 0 spiro atoms. The van der Waals surface area contributed by atoms with Crippen molar-refractivity contribution in [3.63, 3.8) is 0 Å². The molecule has 0 atom stereocenters. The molecule has 0 radical (unpaired) electrons.